The van der Waals surface area contributed by atoms with Gasteiger partial charge in [-0.25, -0.2) is 4.31 Å². The average Bonchev–Trinajstić information content (AvgIpc) is 3.06. The molecule has 1 aromatic carbocycles. The van der Waals surface area contributed by atoms with Gasteiger partial charge in [0.15, 0.2) is 0 Å². The summed E-state index contributed by atoms with van der Waals surface area (Å²) >= 11 is 0. The van der Waals surface area contributed by atoms with Gasteiger partial charge in [0.25, 0.3) is 0 Å². The summed E-state index contributed by atoms with van der Waals surface area (Å²) in [6.45, 7) is 4.57. The number of nitrogens with zero attached hydrogens (tertiary/aromatic N) is 2. The Hall–Kier alpha value is -1.64. The van der Waals surface area contributed by atoms with E-state index in [1.165, 1.54) is 14.1 Å². The molecule has 1 aliphatic heterocycles. The Morgan fingerprint density at radius 1 is 1.32 bits per heavy atom. The zero-order chi connectivity index (χ0) is 18.6. The van der Waals surface area contributed by atoms with Gasteiger partial charge < -0.3 is 10.1 Å². The van der Waals surface area contributed by atoms with Crippen molar-refractivity contribution in [3.8, 4) is 0 Å². The quantitative estimate of drug-likeness (QED) is 0.784. The molecule has 1 N–H and O–H groups in total. The largest absolute Gasteiger partial charge is 0.376 e. The fourth-order valence-electron chi connectivity index (χ4n) is 2.70. The summed E-state index contributed by atoms with van der Waals surface area (Å²) in [5, 5.41) is 2.78. The summed E-state index contributed by atoms with van der Waals surface area (Å²) in [5.41, 5.74) is 2.24. The van der Waals surface area contributed by atoms with Crippen LogP contribution < -0.4 is 9.62 Å². The van der Waals surface area contributed by atoms with Crippen molar-refractivity contribution in [2.75, 3.05) is 38.1 Å². The molecule has 8 heteroatoms. The minimum Gasteiger partial charge on any atom is -0.376 e. The minimum atomic E-state index is -3.79. The zero-order valence-corrected chi connectivity index (χ0v) is 16.1. The van der Waals surface area contributed by atoms with Gasteiger partial charge in [0.1, 0.15) is 6.54 Å². The van der Waals surface area contributed by atoms with Crippen molar-refractivity contribution in [2.45, 2.75) is 32.8 Å². The van der Waals surface area contributed by atoms with Crippen LogP contribution in [-0.2, 0) is 19.7 Å². The van der Waals surface area contributed by atoms with Crippen LogP contribution in [0.4, 0.5) is 5.69 Å². The molecule has 1 fully saturated rings. The first-order chi connectivity index (χ1) is 11.7. The third-order valence-electron chi connectivity index (χ3n) is 4.21. The Labute approximate surface area is 150 Å². The highest BCUT2D eigenvalue weighted by molar-refractivity contribution is 7.90. The lowest BCUT2D eigenvalue weighted by Gasteiger charge is -2.28. The number of carbonyl (C=O) groups is 1. The van der Waals surface area contributed by atoms with E-state index in [1.807, 2.05) is 26.0 Å². The second-order valence-electron chi connectivity index (χ2n) is 6.53. The van der Waals surface area contributed by atoms with Gasteiger partial charge >= 0.3 is 10.2 Å². The predicted octanol–water partition coefficient (Wildman–Crippen LogP) is 1.21. The van der Waals surface area contributed by atoms with Gasteiger partial charge in [0.05, 0.1) is 11.8 Å². The molecule has 0 spiro atoms. The minimum absolute atomic E-state index is 0.0172. The summed E-state index contributed by atoms with van der Waals surface area (Å²) < 4.78 is 33.2. The van der Waals surface area contributed by atoms with Gasteiger partial charge in [-0.15, -0.1) is 0 Å². The Bertz CT molecular complexity index is 713. The maximum absolute atomic E-state index is 12.7. The van der Waals surface area contributed by atoms with Crippen LogP contribution in [-0.4, -0.2) is 58.5 Å². The van der Waals surface area contributed by atoms with Gasteiger partial charge in [-0.1, -0.05) is 12.1 Å². The Kier molecular flexibility index (Phi) is 6.42. The van der Waals surface area contributed by atoms with Gasteiger partial charge in [0, 0.05) is 27.2 Å². The van der Waals surface area contributed by atoms with Gasteiger partial charge in [-0.3, -0.25) is 4.79 Å². The van der Waals surface area contributed by atoms with Crippen molar-refractivity contribution >= 4 is 21.8 Å². The van der Waals surface area contributed by atoms with E-state index >= 15 is 0 Å². The number of hydrogen-bond acceptors (Lipinski definition) is 4. The number of amides is 1. The van der Waals surface area contributed by atoms with Gasteiger partial charge in [-0.05, 0) is 43.9 Å². The average molecular weight is 369 g/mol. The number of benzene rings is 1. The highest BCUT2D eigenvalue weighted by atomic mass is 32.2. The lowest BCUT2D eigenvalue weighted by atomic mass is 10.1. The molecule has 1 aromatic rings. The monoisotopic (exact) mass is 369 g/mol. The molecule has 0 aliphatic carbocycles. The smallest absolute Gasteiger partial charge is 0.304 e. The fourth-order valence-corrected chi connectivity index (χ4v) is 3.82. The normalized spacial score (nSPS) is 17.7. The van der Waals surface area contributed by atoms with E-state index in [9.17, 15) is 13.2 Å². The number of aryl methyl sites for hydroxylation is 2. The molecule has 0 radical (unpaired) electrons. The Morgan fingerprint density at radius 2 is 2.04 bits per heavy atom. The molecule has 0 saturated carbocycles. The van der Waals surface area contributed by atoms with Crippen molar-refractivity contribution in [2.24, 2.45) is 0 Å². The highest BCUT2D eigenvalue weighted by Crippen LogP contribution is 2.25. The van der Waals surface area contributed by atoms with E-state index in [-0.39, 0.29) is 18.6 Å². The first-order valence-electron chi connectivity index (χ1n) is 8.37. The van der Waals surface area contributed by atoms with Gasteiger partial charge in [-0.2, -0.15) is 12.7 Å². The number of rotatable bonds is 7. The van der Waals surface area contributed by atoms with Crippen LogP contribution in [0.3, 0.4) is 0 Å². The molecule has 0 unspecified atom stereocenters. The predicted molar refractivity (Wildman–Crippen MR) is 97.9 cm³/mol. The molecular formula is C17H27N3O4S. The fraction of sp³-hybridized carbons (Fsp3) is 0.588. The maximum atomic E-state index is 12.7. The maximum Gasteiger partial charge on any atom is 0.304 e. The zero-order valence-electron chi connectivity index (χ0n) is 15.3. The second kappa shape index (κ2) is 8.16. The van der Waals surface area contributed by atoms with Crippen molar-refractivity contribution in [1.29, 1.82) is 0 Å². The van der Waals surface area contributed by atoms with Crippen molar-refractivity contribution in [3.63, 3.8) is 0 Å². The molecule has 2 rings (SSSR count). The molecule has 1 aliphatic rings. The first-order valence-corrected chi connectivity index (χ1v) is 9.77. The number of nitrogens with one attached hydrogen (secondary N) is 1. The lowest BCUT2D eigenvalue weighted by Crippen LogP contribution is -2.47. The molecule has 140 valence electrons. The molecule has 1 atom stereocenters. The van der Waals surface area contributed by atoms with E-state index in [4.69, 9.17) is 4.74 Å². The molecule has 1 heterocycles. The van der Waals surface area contributed by atoms with Crippen LogP contribution in [0.25, 0.3) is 0 Å². The lowest BCUT2D eigenvalue weighted by molar-refractivity contribution is -0.120. The van der Waals surface area contributed by atoms with E-state index in [2.05, 4.69) is 5.32 Å². The number of carbonyl (C=O) groups excluding carboxylic acids is 1. The van der Waals surface area contributed by atoms with Crippen LogP contribution >= 0.6 is 0 Å². The molecule has 1 amide bonds. The van der Waals surface area contributed by atoms with Crippen LogP contribution in [0, 0.1) is 13.8 Å². The SMILES string of the molecule is Cc1ccc(C)c(N(CC(=O)NC[C@@H]2CCCO2)S(=O)(=O)N(C)C)c1. The molecule has 0 bridgehead atoms. The van der Waals surface area contributed by atoms with Crippen LogP contribution in [0.1, 0.15) is 24.0 Å². The van der Waals surface area contributed by atoms with Crippen molar-refractivity contribution in [1.82, 2.24) is 9.62 Å². The number of anilines is 1. The highest BCUT2D eigenvalue weighted by Gasteiger charge is 2.28. The number of ether oxygens (including phenoxy) is 1. The molecule has 1 saturated heterocycles. The van der Waals surface area contributed by atoms with Crippen LogP contribution in [0.5, 0.6) is 0 Å². The van der Waals surface area contributed by atoms with E-state index in [1.54, 1.807) is 6.07 Å². The van der Waals surface area contributed by atoms with E-state index in [0.29, 0.717) is 18.8 Å². The molecular weight excluding hydrogens is 342 g/mol. The number of hydrogen-bond donors (Lipinski definition) is 1. The third kappa shape index (κ3) is 4.93. The second-order valence-corrected chi connectivity index (χ2v) is 8.59. The summed E-state index contributed by atoms with van der Waals surface area (Å²) in [6, 6.07) is 5.55. The first kappa shape index (κ1) is 19.7. The van der Waals surface area contributed by atoms with E-state index < -0.39 is 10.2 Å². The van der Waals surface area contributed by atoms with Crippen molar-refractivity contribution in [3.05, 3.63) is 29.3 Å². The summed E-state index contributed by atoms with van der Waals surface area (Å²) in [7, 11) is -0.877. The van der Waals surface area contributed by atoms with Crippen molar-refractivity contribution < 1.29 is 17.9 Å². The topological polar surface area (TPSA) is 79.0 Å². The molecule has 25 heavy (non-hydrogen) atoms. The summed E-state index contributed by atoms with van der Waals surface area (Å²) in [5.74, 6) is -0.346. The molecule has 7 nitrogen and oxygen atoms in total. The Morgan fingerprint density at radius 3 is 2.64 bits per heavy atom. The summed E-state index contributed by atoms with van der Waals surface area (Å²) in [4.78, 5) is 12.4. The molecule has 0 aromatic heterocycles. The Balaban J connectivity index is 2.20. The van der Waals surface area contributed by atoms with Gasteiger partial charge in [0.2, 0.25) is 5.91 Å². The van der Waals surface area contributed by atoms with E-state index in [0.717, 1.165) is 32.6 Å². The summed E-state index contributed by atoms with van der Waals surface area (Å²) in [6.07, 6.45) is 1.92. The van der Waals surface area contributed by atoms with Crippen LogP contribution in [0.2, 0.25) is 0 Å². The van der Waals surface area contributed by atoms with Crippen LogP contribution in [0.15, 0.2) is 18.2 Å². The third-order valence-corrected chi connectivity index (χ3v) is 6.02. The standard InChI is InChI=1S/C17H27N3O4S/c1-13-7-8-14(2)16(10-13)20(25(22,23)19(3)4)12-17(21)18-11-15-6-5-9-24-15/h7-8,10,15H,5-6,9,11-12H2,1-4H3,(H,18,21)/t15-/m0/s1.